The predicted octanol–water partition coefficient (Wildman–Crippen LogP) is 1.83. The van der Waals surface area contributed by atoms with Gasteiger partial charge in [0.2, 0.25) is 0 Å². The minimum atomic E-state index is -1.49. The number of carboxylic acid groups (broad SMARTS) is 1. The fourth-order valence-electron chi connectivity index (χ4n) is 1.65. The summed E-state index contributed by atoms with van der Waals surface area (Å²) in [5.74, 6) is -1.55. The van der Waals surface area contributed by atoms with Crippen molar-refractivity contribution in [2.75, 3.05) is 6.54 Å². The minimum Gasteiger partial charge on any atom is -0.481 e. The summed E-state index contributed by atoms with van der Waals surface area (Å²) in [5, 5.41) is 27.2. The van der Waals surface area contributed by atoms with E-state index >= 15 is 0 Å². The number of nitrogens with zero attached hydrogens (tertiary/aromatic N) is 1. The van der Waals surface area contributed by atoms with Crippen LogP contribution in [0.5, 0.6) is 0 Å². The monoisotopic (exact) mass is 326 g/mol. The standard InChI is InChI=1S/C13H14N2O4S2/c1-13(19,4-10(16)17)7-14-11(18)9-6-21-12(15-9)8-2-3-20-5-8/h2-3,5-6,19H,4,7H2,1H3,(H,14,18)(H,16,17). The summed E-state index contributed by atoms with van der Waals surface area (Å²) in [4.78, 5) is 26.7. The van der Waals surface area contributed by atoms with Crippen molar-refractivity contribution in [3.8, 4) is 10.6 Å². The normalized spacial score (nSPS) is 13.6. The largest absolute Gasteiger partial charge is 0.481 e. The van der Waals surface area contributed by atoms with Gasteiger partial charge in [0.15, 0.2) is 0 Å². The zero-order chi connectivity index (χ0) is 15.5. The number of aromatic nitrogens is 1. The highest BCUT2D eigenvalue weighted by atomic mass is 32.1. The van der Waals surface area contributed by atoms with Crippen LogP contribution in [0.1, 0.15) is 23.8 Å². The van der Waals surface area contributed by atoms with Gasteiger partial charge in [0, 0.05) is 22.9 Å². The van der Waals surface area contributed by atoms with Crippen molar-refractivity contribution in [3.63, 3.8) is 0 Å². The molecule has 0 aliphatic rings. The van der Waals surface area contributed by atoms with Gasteiger partial charge in [0.05, 0.1) is 12.0 Å². The van der Waals surface area contributed by atoms with Crippen molar-refractivity contribution in [3.05, 3.63) is 27.9 Å². The van der Waals surface area contributed by atoms with E-state index in [9.17, 15) is 14.7 Å². The Morgan fingerprint density at radius 1 is 1.43 bits per heavy atom. The van der Waals surface area contributed by atoms with E-state index in [1.807, 2.05) is 16.8 Å². The number of hydrogen-bond acceptors (Lipinski definition) is 6. The lowest BCUT2D eigenvalue weighted by Gasteiger charge is -2.21. The molecule has 8 heteroatoms. The summed E-state index contributed by atoms with van der Waals surface area (Å²) in [5.41, 5.74) is -0.275. The Kier molecular flexibility index (Phi) is 4.71. The summed E-state index contributed by atoms with van der Waals surface area (Å²) < 4.78 is 0. The lowest BCUT2D eigenvalue weighted by Crippen LogP contribution is -2.42. The van der Waals surface area contributed by atoms with Gasteiger partial charge in [0.1, 0.15) is 10.7 Å². The molecule has 1 atom stereocenters. The number of aliphatic carboxylic acids is 1. The van der Waals surface area contributed by atoms with Crippen LogP contribution >= 0.6 is 22.7 Å². The van der Waals surface area contributed by atoms with E-state index in [2.05, 4.69) is 10.3 Å². The highest BCUT2D eigenvalue weighted by Crippen LogP contribution is 2.25. The molecule has 0 saturated heterocycles. The number of amides is 1. The van der Waals surface area contributed by atoms with Crippen LogP contribution in [0.25, 0.3) is 10.6 Å². The third-order valence-corrected chi connectivity index (χ3v) is 4.24. The quantitative estimate of drug-likeness (QED) is 0.752. The topological polar surface area (TPSA) is 99.5 Å². The molecule has 6 nitrogen and oxygen atoms in total. The molecule has 0 aliphatic heterocycles. The number of hydrogen-bond donors (Lipinski definition) is 3. The molecule has 0 aliphatic carbocycles. The molecule has 1 amide bonds. The second-order valence-corrected chi connectivity index (χ2v) is 6.44. The first-order valence-corrected chi connectivity index (χ1v) is 7.90. The van der Waals surface area contributed by atoms with Gasteiger partial charge in [-0.05, 0) is 18.4 Å². The molecule has 2 heterocycles. The average Bonchev–Trinajstić information content (AvgIpc) is 3.04. The molecule has 0 fully saturated rings. The summed E-state index contributed by atoms with van der Waals surface area (Å²) in [6, 6.07) is 1.92. The summed E-state index contributed by atoms with van der Waals surface area (Å²) in [7, 11) is 0. The number of carboxylic acids is 1. The first kappa shape index (κ1) is 15.6. The molecule has 2 rings (SSSR count). The molecule has 0 spiro atoms. The number of thiophene rings is 1. The van der Waals surface area contributed by atoms with Gasteiger partial charge in [-0.2, -0.15) is 11.3 Å². The molecule has 3 N–H and O–H groups in total. The van der Waals surface area contributed by atoms with E-state index in [1.54, 1.807) is 16.7 Å². The smallest absolute Gasteiger partial charge is 0.306 e. The molecule has 112 valence electrons. The Labute approximate surface area is 129 Å². The number of nitrogens with one attached hydrogen (secondary N) is 1. The second kappa shape index (κ2) is 6.33. The van der Waals surface area contributed by atoms with Crippen molar-refractivity contribution in [2.45, 2.75) is 18.9 Å². The van der Waals surface area contributed by atoms with Crippen molar-refractivity contribution in [2.24, 2.45) is 0 Å². The molecule has 1 unspecified atom stereocenters. The number of aliphatic hydroxyl groups is 1. The Balaban J connectivity index is 1.97. The minimum absolute atomic E-state index is 0.149. The van der Waals surface area contributed by atoms with E-state index < -0.39 is 23.9 Å². The first-order valence-electron chi connectivity index (χ1n) is 6.08. The average molecular weight is 326 g/mol. The van der Waals surface area contributed by atoms with Crippen molar-refractivity contribution in [1.29, 1.82) is 0 Å². The maximum absolute atomic E-state index is 11.9. The zero-order valence-electron chi connectivity index (χ0n) is 11.2. The molecular formula is C13H14N2O4S2. The Morgan fingerprint density at radius 3 is 2.81 bits per heavy atom. The van der Waals surface area contributed by atoms with Gasteiger partial charge < -0.3 is 15.5 Å². The van der Waals surface area contributed by atoms with Crippen LogP contribution in [-0.2, 0) is 4.79 Å². The van der Waals surface area contributed by atoms with Crippen molar-refractivity contribution < 1.29 is 19.8 Å². The van der Waals surface area contributed by atoms with Gasteiger partial charge in [-0.15, -0.1) is 11.3 Å². The Hall–Kier alpha value is -1.77. The number of rotatable bonds is 6. The summed E-state index contributed by atoms with van der Waals surface area (Å²) in [6.07, 6.45) is -0.440. The van der Waals surface area contributed by atoms with Crippen LogP contribution in [0.3, 0.4) is 0 Å². The fourth-order valence-corrected chi connectivity index (χ4v) is 3.16. The van der Waals surface area contributed by atoms with E-state index in [0.717, 1.165) is 10.6 Å². The molecule has 0 saturated carbocycles. The van der Waals surface area contributed by atoms with Crippen molar-refractivity contribution >= 4 is 34.6 Å². The SMILES string of the molecule is CC(O)(CNC(=O)c1csc(-c2ccsc2)n1)CC(=O)O. The maximum Gasteiger partial charge on any atom is 0.306 e. The Morgan fingerprint density at radius 2 is 2.19 bits per heavy atom. The van der Waals surface area contributed by atoms with Gasteiger partial charge in [-0.1, -0.05) is 0 Å². The van der Waals surface area contributed by atoms with E-state index in [-0.39, 0.29) is 12.2 Å². The first-order chi connectivity index (χ1) is 9.87. The van der Waals surface area contributed by atoms with Gasteiger partial charge in [0.25, 0.3) is 5.91 Å². The molecule has 21 heavy (non-hydrogen) atoms. The lowest BCUT2D eigenvalue weighted by molar-refractivity contribution is -0.141. The summed E-state index contributed by atoms with van der Waals surface area (Å²) in [6.45, 7) is 1.21. The lowest BCUT2D eigenvalue weighted by atomic mass is 10.0. The fraction of sp³-hybridized carbons (Fsp3) is 0.308. The van der Waals surface area contributed by atoms with Crippen LogP contribution in [0.15, 0.2) is 22.2 Å². The number of carbonyl (C=O) groups excluding carboxylic acids is 1. The van der Waals surface area contributed by atoms with Gasteiger partial charge >= 0.3 is 5.97 Å². The van der Waals surface area contributed by atoms with Crippen molar-refractivity contribution in [1.82, 2.24) is 10.3 Å². The van der Waals surface area contributed by atoms with Crippen LogP contribution in [0.4, 0.5) is 0 Å². The molecule has 0 radical (unpaired) electrons. The molecule has 0 bridgehead atoms. The predicted molar refractivity (Wildman–Crippen MR) is 80.6 cm³/mol. The third kappa shape index (κ3) is 4.35. The number of carbonyl (C=O) groups is 2. The summed E-state index contributed by atoms with van der Waals surface area (Å²) >= 11 is 2.91. The van der Waals surface area contributed by atoms with Crippen LogP contribution < -0.4 is 5.32 Å². The molecule has 0 aromatic carbocycles. The highest BCUT2D eigenvalue weighted by Gasteiger charge is 2.25. The van der Waals surface area contributed by atoms with Crippen LogP contribution in [0.2, 0.25) is 0 Å². The van der Waals surface area contributed by atoms with Crippen LogP contribution in [0, 0.1) is 0 Å². The van der Waals surface area contributed by atoms with Gasteiger partial charge in [-0.25, -0.2) is 4.98 Å². The van der Waals surface area contributed by atoms with Gasteiger partial charge in [-0.3, -0.25) is 9.59 Å². The molecule has 2 aromatic rings. The number of thiazole rings is 1. The maximum atomic E-state index is 11.9. The van der Waals surface area contributed by atoms with E-state index in [4.69, 9.17) is 5.11 Å². The molecular weight excluding hydrogens is 312 g/mol. The zero-order valence-corrected chi connectivity index (χ0v) is 12.8. The van der Waals surface area contributed by atoms with E-state index in [1.165, 1.54) is 18.3 Å². The highest BCUT2D eigenvalue weighted by molar-refractivity contribution is 7.14. The third-order valence-electron chi connectivity index (χ3n) is 2.67. The van der Waals surface area contributed by atoms with Crippen LogP contribution in [-0.4, -0.2) is 39.2 Å². The Bertz CT molecular complexity index is 634. The van der Waals surface area contributed by atoms with E-state index in [0.29, 0.717) is 0 Å². The second-order valence-electron chi connectivity index (χ2n) is 4.80. The molecule has 2 aromatic heterocycles.